The van der Waals surface area contributed by atoms with Gasteiger partial charge in [0, 0.05) is 23.8 Å². The molecule has 0 aliphatic carbocycles. The van der Waals surface area contributed by atoms with Crippen LogP contribution in [0.25, 0.3) is 0 Å². The van der Waals surface area contributed by atoms with Gasteiger partial charge in [0.2, 0.25) is 0 Å². The molecule has 3 aromatic carbocycles. The van der Waals surface area contributed by atoms with Crippen molar-refractivity contribution in [1.82, 2.24) is 0 Å². The standard InChI is InChI=1S/C29H28N2O5/c1-19-16-22(14-15-32)36-29(19)23-6-2-3-7-24(23)30(28(29)34)17-20-10-12-21(13-11-20)31-25-8-4-5-9-26(25)35-18-27(31)33/h2-13,19,22,32H,14-18H2,1H3/t19-,22+,29+/m0/s1. The second-order valence-corrected chi connectivity index (χ2v) is 9.68. The molecule has 6 rings (SSSR count). The molecule has 36 heavy (non-hydrogen) atoms. The number of amides is 2. The molecule has 3 heterocycles. The third kappa shape index (κ3) is 3.42. The van der Waals surface area contributed by atoms with E-state index < -0.39 is 5.60 Å². The van der Waals surface area contributed by atoms with Crippen molar-refractivity contribution in [3.63, 3.8) is 0 Å². The van der Waals surface area contributed by atoms with Gasteiger partial charge in [0.05, 0.1) is 24.0 Å². The fourth-order valence-electron chi connectivity index (χ4n) is 5.82. The summed E-state index contributed by atoms with van der Waals surface area (Å²) in [6, 6.07) is 23.0. The van der Waals surface area contributed by atoms with Crippen LogP contribution in [0.4, 0.5) is 17.1 Å². The highest BCUT2D eigenvalue weighted by Crippen LogP contribution is 2.53. The van der Waals surface area contributed by atoms with Crippen LogP contribution in [0.1, 0.15) is 30.9 Å². The van der Waals surface area contributed by atoms with Crippen LogP contribution in [-0.2, 0) is 26.5 Å². The topological polar surface area (TPSA) is 79.3 Å². The number of nitrogens with zero attached hydrogens (tertiary/aromatic N) is 2. The zero-order valence-corrected chi connectivity index (χ0v) is 20.1. The lowest BCUT2D eigenvalue weighted by atomic mass is 9.83. The van der Waals surface area contributed by atoms with E-state index in [2.05, 4.69) is 6.92 Å². The number of benzene rings is 3. The third-order valence-corrected chi connectivity index (χ3v) is 7.51. The Morgan fingerprint density at radius 1 is 0.972 bits per heavy atom. The molecule has 1 N–H and O–H groups in total. The summed E-state index contributed by atoms with van der Waals surface area (Å²) in [4.78, 5) is 30.1. The van der Waals surface area contributed by atoms with E-state index in [1.807, 2.05) is 72.8 Å². The van der Waals surface area contributed by atoms with Crippen LogP contribution in [0.2, 0.25) is 0 Å². The molecule has 3 aliphatic heterocycles. The first-order valence-electron chi connectivity index (χ1n) is 12.4. The molecule has 184 valence electrons. The maximum Gasteiger partial charge on any atom is 0.269 e. The van der Waals surface area contributed by atoms with Crippen molar-refractivity contribution < 1.29 is 24.2 Å². The van der Waals surface area contributed by atoms with Gasteiger partial charge < -0.3 is 19.5 Å². The minimum absolute atomic E-state index is 0.00229. The van der Waals surface area contributed by atoms with Crippen molar-refractivity contribution in [1.29, 1.82) is 0 Å². The Labute approximate surface area is 209 Å². The van der Waals surface area contributed by atoms with E-state index in [1.165, 1.54) is 0 Å². The predicted octanol–water partition coefficient (Wildman–Crippen LogP) is 4.29. The Morgan fingerprint density at radius 3 is 2.47 bits per heavy atom. The van der Waals surface area contributed by atoms with Crippen LogP contribution in [0.3, 0.4) is 0 Å². The van der Waals surface area contributed by atoms with Crippen LogP contribution in [-0.4, -0.2) is 36.2 Å². The van der Waals surface area contributed by atoms with Gasteiger partial charge in [0.1, 0.15) is 5.75 Å². The fourth-order valence-corrected chi connectivity index (χ4v) is 5.82. The number of ether oxygens (including phenoxy) is 2. The van der Waals surface area contributed by atoms with Gasteiger partial charge in [-0.1, -0.05) is 49.4 Å². The van der Waals surface area contributed by atoms with Gasteiger partial charge >= 0.3 is 0 Å². The highest BCUT2D eigenvalue weighted by molar-refractivity contribution is 6.07. The largest absolute Gasteiger partial charge is 0.482 e. The van der Waals surface area contributed by atoms with E-state index in [4.69, 9.17) is 9.47 Å². The molecule has 0 bridgehead atoms. The number of anilines is 3. The Morgan fingerprint density at radius 2 is 1.69 bits per heavy atom. The number of aliphatic hydroxyl groups is 1. The molecule has 7 heteroatoms. The number of hydrogen-bond acceptors (Lipinski definition) is 5. The summed E-state index contributed by atoms with van der Waals surface area (Å²) < 4.78 is 12.0. The first kappa shape index (κ1) is 22.8. The summed E-state index contributed by atoms with van der Waals surface area (Å²) in [5.41, 5.74) is 3.17. The van der Waals surface area contributed by atoms with Crippen molar-refractivity contribution in [2.75, 3.05) is 23.0 Å². The first-order chi connectivity index (χ1) is 17.5. The average molecular weight is 485 g/mol. The zero-order chi connectivity index (χ0) is 24.9. The number of fused-ring (bicyclic) bond motifs is 3. The molecule has 0 unspecified atom stereocenters. The van der Waals surface area contributed by atoms with Gasteiger partial charge in [-0.2, -0.15) is 0 Å². The van der Waals surface area contributed by atoms with Gasteiger partial charge in [0.15, 0.2) is 12.2 Å². The molecule has 7 nitrogen and oxygen atoms in total. The molecule has 1 saturated heterocycles. The number of hydrogen-bond donors (Lipinski definition) is 1. The van der Waals surface area contributed by atoms with Crippen molar-refractivity contribution in [3.8, 4) is 5.75 Å². The molecule has 0 aromatic heterocycles. The lowest BCUT2D eigenvalue weighted by molar-refractivity contribution is -0.146. The summed E-state index contributed by atoms with van der Waals surface area (Å²) in [5, 5.41) is 9.43. The van der Waals surface area contributed by atoms with Crippen LogP contribution >= 0.6 is 0 Å². The summed E-state index contributed by atoms with van der Waals surface area (Å²) >= 11 is 0. The lowest BCUT2D eigenvalue weighted by Gasteiger charge is -2.29. The minimum atomic E-state index is -1.01. The monoisotopic (exact) mass is 484 g/mol. The first-order valence-corrected chi connectivity index (χ1v) is 12.4. The molecule has 0 radical (unpaired) electrons. The van der Waals surface area contributed by atoms with Crippen molar-refractivity contribution in [2.45, 2.75) is 38.0 Å². The minimum Gasteiger partial charge on any atom is -0.482 e. The van der Waals surface area contributed by atoms with Crippen LogP contribution < -0.4 is 14.5 Å². The van der Waals surface area contributed by atoms with Crippen LogP contribution in [0.15, 0.2) is 72.8 Å². The van der Waals surface area contributed by atoms with E-state index in [0.29, 0.717) is 18.7 Å². The van der Waals surface area contributed by atoms with Crippen molar-refractivity contribution in [2.24, 2.45) is 5.92 Å². The Bertz CT molecular complexity index is 1320. The zero-order valence-electron chi connectivity index (χ0n) is 20.1. The molecule has 1 fully saturated rings. The molecule has 3 atom stereocenters. The molecule has 3 aliphatic rings. The van der Waals surface area contributed by atoms with Gasteiger partial charge in [-0.25, -0.2) is 0 Å². The smallest absolute Gasteiger partial charge is 0.269 e. The van der Waals surface area contributed by atoms with Gasteiger partial charge in [-0.05, 0) is 48.7 Å². The fraction of sp³-hybridized carbons (Fsp3) is 0.310. The van der Waals surface area contributed by atoms with Gasteiger partial charge in [-0.15, -0.1) is 0 Å². The van der Waals surface area contributed by atoms with Gasteiger partial charge in [-0.3, -0.25) is 14.5 Å². The van der Waals surface area contributed by atoms with E-state index in [-0.39, 0.29) is 37.0 Å². The number of aliphatic hydroxyl groups excluding tert-OH is 1. The second kappa shape index (κ2) is 8.76. The molecule has 2 amide bonds. The maximum atomic E-state index is 13.9. The summed E-state index contributed by atoms with van der Waals surface area (Å²) in [6.45, 7) is 2.48. The number of rotatable bonds is 5. The number of carbonyl (C=O) groups is 2. The van der Waals surface area contributed by atoms with Crippen LogP contribution in [0, 0.1) is 5.92 Å². The van der Waals surface area contributed by atoms with Gasteiger partial charge in [0.25, 0.3) is 11.8 Å². The summed E-state index contributed by atoms with van der Waals surface area (Å²) in [5.74, 6) is 0.494. The normalized spacial score (nSPS) is 24.7. The number of carbonyl (C=O) groups excluding carboxylic acids is 2. The van der Waals surface area contributed by atoms with Crippen LogP contribution in [0.5, 0.6) is 5.75 Å². The molecular weight excluding hydrogens is 456 g/mol. The summed E-state index contributed by atoms with van der Waals surface area (Å²) in [6.07, 6.45) is 1.11. The van der Waals surface area contributed by atoms with Crippen molar-refractivity contribution >= 4 is 28.9 Å². The molecule has 3 aromatic rings. The molecule has 1 spiro atoms. The Kier molecular flexibility index (Phi) is 5.54. The summed E-state index contributed by atoms with van der Waals surface area (Å²) in [7, 11) is 0. The highest BCUT2D eigenvalue weighted by atomic mass is 16.5. The average Bonchev–Trinajstić information content (AvgIpc) is 3.35. The van der Waals surface area contributed by atoms with E-state index in [1.54, 1.807) is 9.80 Å². The van der Waals surface area contributed by atoms with Crippen molar-refractivity contribution in [3.05, 3.63) is 83.9 Å². The third-order valence-electron chi connectivity index (χ3n) is 7.51. The number of para-hydroxylation sites is 3. The predicted molar refractivity (Wildman–Crippen MR) is 135 cm³/mol. The SMILES string of the molecule is C[C@H]1C[C@@H](CCO)O[C@]12C(=O)N(Cc1ccc(N3C(=O)COc4ccccc43)cc1)c1ccccc12. The molecular formula is C29H28N2O5. The molecule has 0 saturated carbocycles. The highest BCUT2D eigenvalue weighted by Gasteiger charge is 2.59. The van der Waals surface area contributed by atoms with E-state index in [9.17, 15) is 14.7 Å². The second-order valence-electron chi connectivity index (χ2n) is 9.68. The Balaban J connectivity index is 1.29. The lowest BCUT2D eigenvalue weighted by Crippen LogP contribution is -2.43. The van der Waals surface area contributed by atoms with E-state index in [0.717, 1.165) is 34.6 Å². The maximum absolute atomic E-state index is 13.9. The van der Waals surface area contributed by atoms with E-state index >= 15 is 0 Å². The quantitative estimate of drug-likeness (QED) is 0.585. The Hall–Kier alpha value is -3.68.